The molecule has 0 heterocycles. The van der Waals surface area contributed by atoms with E-state index in [0.717, 1.165) is 0 Å². The van der Waals surface area contributed by atoms with Crippen molar-refractivity contribution in [2.24, 2.45) is 0 Å². The summed E-state index contributed by atoms with van der Waals surface area (Å²) in [5, 5.41) is 3.56. The average molecular weight is 143 g/mol. The molecule has 1 N–H and O–H groups in total. The van der Waals surface area contributed by atoms with Crippen LogP contribution in [0.15, 0.2) is 0 Å². The molecular weight excluding hydrogens is 122 g/mol. The Balaban J connectivity index is 3.64. The minimum absolute atomic E-state index is 0.315. The molecule has 0 aromatic heterocycles. The van der Waals surface area contributed by atoms with E-state index < -0.39 is 0 Å². The molecule has 0 aliphatic heterocycles. The molecule has 1 nitrogen and oxygen atoms in total. The van der Waals surface area contributed by atoms with Crippen LogP contribution < -0.4 is 5.32 Å². The van der Waals surface area contributed by atoms with Gasteiger partial charge in [0, 0.05) is 11.6 Å². The quantitative estimate of drug-likeness (QED) is 0.637. The molecular formula is C9H21N. The monoisotopic (exact) mass is 143 g/mol. The standard InChI is InChI=1S/C9H21N/c1-6-8(3)10-9(4,5)7-2/h8,10H,6-7H2,1-5H3/t8-/m1/s1. The van der Waals surface area contributed by atoms with E-state index >= 15 is 0 Å². The van der Waals surface area contributed by atoms with Gasteiger partial charge in [-0.25, -0.2) is 0 Å². The lowest BCUT2D eigenvalue weighted by Gasteiger charge is -2.28. The van der Waals surface area contributed by atoms with Gasteiger partial charge in [0.25, 0.3) is 0 Å². The molecule has 0 aliphatic carbocycles. The van der Waals surface area contributed by atoms with Crippen molar-refractivity contribution in [3.63, 3.8) is 0 Å². The van der Waals surface area contributed by atoms with Crippen LogP contribution in [0.4, 0.5) is 0 Å². The van der Waals surface area contributed by atoms with Crippen LogP contribution in [0.25, 0.3) is 0 Å². The first-order valence-corrected chi connectivity index (χ1v) is 4.29. The Hall–Kier alpha value is -0.0400. The van der Waals surface area contributed by atoms with Gasteiger partial charge in [0.05, 0.1) is 0 Å². The highest BCUT2D eigenvalue weighted by Gasteiger charge is 2.15. The van der Waals surface area contributed by atoms with Crippen LogP contribution in [0.5, 0.6) is 0 Å². The van der Waals surface area contributed by atoms with Gasteiger partial charge in [0.1, 0.15) is 0 Å². The molecule has 62 valence electrons. The van der Waals surface area contributed by atoms with Crippen molar-refractivity contribution in [3.8, 4) is 0 Å². The molecule has 0 aromatic rings. The Labute approximate surface area is 65.2 Å². The highest BCUT2D eigenvalue weighted by molar-refractivity contribution is 4.77. The van der Waals surface area contributed by atoms with Crippen LogP contribution >= 0.6 is 0 Å². The van der Waals surface area contributed by atoms with E-state index in [2.05, 4.69) is 39.9 Å². The van der Waals surface area contributed by atoms with Crippen LogP contribution in [0.3, 0.4) is 0 Å². The lowest BCUT2D eigenvalue weighted by molar-refractivity contribution is 0.329. The van der Waals surface area contributed by atoms with Crippen LogP contribution in [-0.4, -0.2) is 11.6 Å². The first-order chi connectivity index (χ1) is 4.52. The van der Waals surface area contributed by atoms with E-state index in [1.807, 2.05) is 0 Å². The van der Waals surface area contributed by atoms with E-state index in [4.69, 9.17) is 0 Å². The van der Waals surface area contributed by atoms with E-state index in [1.54, 1.807) is 0 Å². The number of hydrogen-bond donors (Lipinski definition) is 1. The Morgan fingerprint density at radius 3 is 2.10 bits per heavy atom. The largest absolute Gasteiger partial charge is 0.309 e. The van der Waals surface area contributed by atoms with Crippen LogP contribution in [0.2, 0.25) is 0 Å². The minimum atomic E-state index is 0.315. The lowest BCUT2D eigenvalue weighted by atomic mass is 10.0. The summed E-state index contributed by atoms with van der Waals surface area (Å²) in [6.45, 7) is 11.2. The molecule has 0 radical (unpaired) electrons. The maximum absolute atomic E-state index is 3.56. The van der Waals surface area contributed by atoms with Crippen molar-refractivity contribution in [3.05, 3.63) is 0 Å². The Kier molecular flexibility index (Phi) is 3.95. The zero-order chi connectivity index (χ0) is 8.20. The molecule has 0 unspecified atom stereocenters. The van der Waals surface area contributed by atoms with Gasteiger partial charge in [-0.05, 0) is 33.6 Å². The summed E-state index contributed by atoms with van der Waals surface area (Å²) in [5.74, 6) is 0. The molecule has 0 bridgehead atoms. The van der Waals surface area contributed by atoms with Crippen molar-refractivity contribution in [1.82, 2.24) is 5.32 Å². The predicted molar refractivity (Wildman–Crippen MR) is 47.3 cm³/mol. The van der Waals surface area contributed by atoms with Crippen molar-refractivity contribution < 1.29 is 0 Å². The zero-order valence-electron chi connectivity index (χ0n) is 7.99. The molecule has 0 amide bonds. The fraction of sp³-hybridized carbons (Fsp3) is 1.00. The molecule has 0 fully saturated rings. The summed E-state index contributed by atoms with van der Waals surface area (Å²) in [6, 6.07) is 0.648. The highest BCUT2D eigenvalue weighted by atomic mass is 15.0. The fourth-order valence-electron chi connectivity index (χ4n) is 0.871. The van der Waals surface area contributed by atoms with Gasteiger partial charge in [0.15, 0.2) is 0 Å². The van der Waals surface area contributed by atoms with Crippen molar-refractivity contribution in [2.45, 2.75) is 59.0 Å². The second kappa shape index (κ2) is 3.97. The van der Waals surface area contributed by atoms with Gasteiger partial charge in [-0.2, -0.15) is 0 Å². The third kappa shape index (κ3) is 3.89. The average Bonchev–Trinajstić information content (AvgIpc) is 1.87. The number of rotatable bonds is 4. The maximum atomic E-state index is 3.56. The number of nitrogens with one attached hydrogen (secondary N) is 1. The third-order valence-electron chi connectivity index (χ3n) is 2.13. The summed E-state index contributed by atoms with van der Waals surface area (Å²) in [7, 11) is 0. The van der Waals surface area contributed by atoms with Gasteiger partial charge in [-0.1, -0.05) is 13.8 Å². The Morgan fingerprint density at radius 2 is 1.80 bits per heavy atom. The van der Waals surface area contributed by atoms with Gasteiger partial charge < -0.3 is 5.32 Å². The van der Waals surface area contributed by atoms with Crippen LogP contribution in [0.1, 0.15) is 47.5 Å². The first kappa shape index (κ1) is 9.96. The minimum Gasteiger partial charge on any atom is -0.309 e. The van der Waals surface area contributed by atoms with Crippen molar-refractivity contribution in [2.75, 3.05) is 0 Å². The van der Waals surface area contributed by atoms with Crippen LogP contribution in [-0.2, 0) is 0 Å². The Bertz CT molecular complexity index is 86.7. The Morgan fingerprint density at radius 1 is 1.30 bits per heavy atom. The normalized spacial score (nSPS) is 15.3. The summed E-state index contributed by atoms with van der Waals surface area (Å²) >= 11 is 0. The summed E-state index contributed by atoms with van der Waals surface area (Å²) in [4.78, 5) is 0. The van der Waals surface area contributed by atoms with Gasteiger partial charge in [0.2, 0.25) is 0 Å². The van der Waals surface area contributed by atoms with Crippen LogP contribution in [0, 0.1) is 0 Å². The van der Waals surface area contributed by atoms with Gasteiger partial charge >= 0.3 is 0 Å². The van der Waals surface area contributed by atoms with E-state index in [9.17, 15) is 0 Å². The van der Waals surface area contributed by atoms with Gasteiger partial charge in [-0.15, -0.1) is 0 Å². The zero-order valence-corrected chi connectivity index (χ0v) is 7.99. The molecule has 0 rings (SSSR count). The second-order valence-corrected chi connectivity index (χ2v) is 3.69. The number of hydrogen-bond acceptors (Lipinski definition) is 1. The molecule has 0 saturated heterocycles. The van der Waals surface area contributed by atoms with Crippen molar-refractivity contribution >= 4 is 0 Å². The molecule has 0 spiro atoms. The smallest absolute Gasteiger partial charge is 0.0125 e. The molecule has 0 saturated carbocycles. The topological polar surface area (TPSA) is 12.0 Å². The highest BCUT2D eigenvalue weighted by Crippen LogP contribution is 2.08. The summed E-state index contributed by atoms with van der Waals surface area (Å²) in [5.41, 5.74) is 0.315. The first-order valence-electron chi connectivity index (χ1n) is 4.29. The van der Waals surface area contributed by atoms with Crippen molar-refractivity contribution in [1.29, 1.82) is 0 Å². The molecule has 0 aromatic carbocycles. The third-order valence-corrected chi connectivity index (χ3v) is 2.13. The second-order valence-electron chi connectivity index (χ2n) is 3.69. The predicted octanol–water partition coefficient (Wildman–Crippen LogP) is 2.56. The fourth-order valence-corrected chi connectivity index (χ4v) is 0.871. The molecule has 10 heavy (non-hydrogen) atoms. The van der Waals surface area contributed by atoms with E-state index in [0.29, 0.717) is 11.6 Å². The summed E-state index contributed by atoms with van der Waals surface area (Å²) in [6.07, 6.45) is 2.40. The van der Waals surface area contributed by atoms with Gasteiger partial charge in [-0.3, -0.25) is 0 Å². The van der Waals surface area contributed by atoms with E-state index in [1.165, 1.54) is 12.8 Å². The maximum Gasteiger partial charge on any atom is 0.0125 e. The summed E-state index contributed by atoms with van der Waals surface area (Å²) < 4.78 is 0. The molecule has 1 atom stereocenters. The molecule has 1 heteroatoms. The molecule has 0 aliphatic rings. The SMILES string of the molecule is CC[C@@H](C)NC(C)(C)CC. The lowest BCUT2D eigenvalue weighted by Crippen LogP contribution is -2.43. The van der Waals surface area contributed by atoms with E-state index in [-0.39, 0.29) is 0 Å².